The largest absolute Gasteiger partial charge is 0.496 e. The molecule has 0 aliphatic heterocycles. The lowest BCUT2D eigenvalue weighted by molar-refractivity contribution is 0.107. The summed E-state index contributed by atoms with van der Waals surface area (Å²) in [5, 5.41) is 10.8. The predicted molar refractivity (Wildman–Crippen MR) is 65.8 cm³/mol. The molecule has 0 heterocycles. The summed E-state index contributed by atoms with van der Waals surface area (Å²) in [5.74, 6) is 0.641. The Labute approximate surface area is 101 Å². The van der Waals surface area contributed by atoms with E-state index in [0.29, 0.717) is 17.3 Å². The second kappa shape index (κ2) is 6.09. The number of hydrogen-bond donors (Lipinski definition) is 2. The Morgan fingerprint density at radius 2 is 2.19 bits per heavy atom. The third kappa shape index (κ3) is 2.88. The van der Waals surface area contributed by atoms with Gasteiger partial charge in [0.1, 0.15) is 5.75 Å². The first-order chi connectivity index (χ1) is 7.63. The number of halogens is 1. The maximum absolute atomic E-state index is 10.2. The van der Waals surface area contributed by atoms with Crippen LogP contribution in [0, 0.1) is 5.92 Å². The third-order valence-corrected chi connectivity index (χ3v) is 3.02. The Morgan fingerprint density at radius 3 is 2.69 bits per heavy atom. The lowest BCUT2D eigenvalue weighted by Crippen LogP contribution is -2.21. The van der Waals surface area contributed by atoms with Gasteiger partial charge in [0, 0.05) is 16.5 Å². The molecule has 0 fully saturated rings. The summed E-state index contributed by atoms with van der Waals surface area (Å²) in [4.78, 5) is 0. The Kier molecular flexibility index (Phi) is 5.06. The molecular weight excluding hydrogens is 226 g/mol. The SMILES string of the molecule is CCC(CN)C(O)c1ccc(Cl)cc1OC. The van der Waals surface area contributed by atoms with Crippen LogP contribution in [0.5, 0.6) is 5.75 Å². The highest BCUT2D eigenvalue weighted by molar-refractivity contribution is 6.30. The monoisotopic (exact) mass is 243 g/mol. The van der Waals surface area contributed by atoms with E-state index >= 15 is 0 Å². The van der Waals surface area contributed by atoms with Gasteiger partial charge in [0.2, 0.25) is 0 Å². The summed E-state index contributed by atoms with van der Waals surface area (Å²) in [6, 6.07) is 5.22. The first-order valence-electron chi connectivity index (χ1n) is 5.35. The van der Waals surface area contributed by atoms with Crippen molar-refractivity contribution in [2.75, 3.05) is 13.7 Å². The minimum atomic E-state index is -0.609. The lowest BCUT2D eigenvalue weighted by atomic mass is 9.93. The number of aliphatic hydroxyl groups excluding tert-OH is 1. The molecule has 1 rings (SSSR count). The molecule has 0 aromatic heterocycles. The third-order valence-electron chi connectivity index (χ3n) is 2.79. The second-order valence-corrected chi connectivity index (χ2v) is 4.17. The van der Waals surface area contributed by atoms with Crippen molar-refractivity contribution in [1.82, 2.24) is 0 Å². The van der Waals surface area contributed by atoms with Crippen molar-refractivity contribution in [2.45, 2.75) is 19.4 Å². The maximum Gasteiger partial charge on any atom is 0.126 e. The Morgan fingerprint density at radius 1 is 1.50 bits per heavy atom. The molecule has 4 heteroatoms. The van der Waals surface area contributed by atoms with Crippen LogP contribution in [0.4, 0.5) is 0 Å². The summed E-state index contributed by atoms with van der Waals surface area (Å²) in [6.07, 6.45) is 0.214. The maximum atomic E-state index is 10.2. The zero-order chi connectivity index (χ0) is 12.1. The average Bonchev–Trinajstić information content (AvgIpc) is 2.30. The van der Waals surface area contributed by atoms with Crippen LogP contribution in [-0.2, 0) is 0 Å². The van der Waals surface area contributed by atoms with Crippen molar-refractivity contribution in [3.05, 3.63) is 28.8 Å². The highest BCUT2D eigenvalue weighted by atomic mass is 35.5. The second-order valence-electron chi connectivity index (χ2n) is 3.74. The predicted octanol–water partition coefficient (Wildman–Crippen LogP) is 2.37. The molecule has 2 unspecified atom stereocenters. The molecule has 1 aromatic carbocycles. The molecule has 0 amide bonds. The number of nitrogens with two attached hydrogens (primary N) is 1. The fourth-order valence-electron chi connectivity index (χ4n) is 1.70. The Balaban J connectivity index is 3.02. The molecule has 90 valence electrons. The van der Waals surface area contributed by atoms with Gasteiger partial charge in [0.25, 0.3) is 0 Å². The van der Waals surface area contributed by atoms with Crippen molar-refractivity contribution in [3.8, 4) is 5.75 Å². The summed E-state index contributed by atoms with van der Waals surface area (Å²) in [6.45, 7) is 2.45. The van der Waals surface area contributed by atoms with Crippen LogP contribution >= 0.6 is 11.6 Å². The van der Waals surface area contributed by atoms with Crippen LogP contribution in [0.1, 0.15) is 25.0 Å². The van der Waals surface area contributed by atoms with Crippen molar-refractivity contribution in [3.63, 3.8) is 0 Å². The number of benzene rings is 1. The molecule has 2 atom stereocenters. The Hall–Kier alpha value is -0.770. The van der Waals surface area contributed by atoms with Gasteiger partial charge in [-0.1, -0.05) is 24.6 Å². The molecule has 1 aromatic rings. The van der Waals surface area contributed by atoms with Gasteiger partial charge in [-0.2, -0.15) is 0 Å². The minimum absolute atomic E-state index is 0.0371. The van der Waals surface area contributed by atoms with Crippen molar-refractivity contribution >= 4 is 11.6 Å². The van der Waals surface area contributed by atoms with Crippen LogP contribution in [0.3, 0.4) is 0 Å². The van der Waals surface area contributed by atoms with Crippen molar-refractivity contribution in [1.29, 1.82) is 0 Å². The molecule has 3 nitrogen and oxygen atoms in total. The van der Waals surface area contributed by atoms with Crippen LogP contribution < -0.4 is 10.5 Å². The summed E-state index contributed by atoms with van der Waals surface area (Å²) in [7, 11) is 1.56. The van der Waals surface area contributed by atoms with Crippen LogP contribution in [0.2, 0.25) is 5.02 Å². The average molecular weight is 244 g/mol. The molecule has 0 aliphatic rings. The topological polar surface area (TPSA) is 55.5 Å². The number of methoxy groups -OCH3 is 1. The van der Waals surface area contributed by atoms with Crippen molar-refractivity contribution < 1.29 is 9.84 Å². The van der Waals surface area contributed by atoms with E-state index in [2.05, 4.69) is 0 Å². The molecule has 0 aliphatic carbocycles. The fraction of sp³-hybridized carbons (Fsp3) is 0.500. The minimum Gasteiger partial charge on any atom is -0.496 e. The molecule has 16 heavy (non-hydrogen) atoms. The van der Waals surface area contributed by atoms with E-state index in [9.17, 15) is 5.11 Å². The molecular formula is C12H18ClNO2. The van der Waals surface area contributed by atoms with E-state index < -0.39 is 6.10 Å². The number of aliphatic hydroxyl groups is 1. The molecule has 0 spiro atoms. The van der Waals surface area contributed by atoms with E-state index in [-0.39, 0.29) is 5.92 Å². The van der Waals surface area contributed by atoms with E-state index in [1.54, 1.807) is 25.3 Å². The normalized spacial score (nSPS) is 14.6. The first kappa shape index (κ1) is 13.3. The van der Waals surface area contributed by atoms with Crippen molar-refractivity contribution in [2.24, 2.45) is 11.7 Å². The van der Waals surface area contributed by atoms with Gasteiger partial charge in [0.05, 0.1) is 13.2 Å². The van der Waals surface area contributed by atoms with Crippen LogP contribution in [0.15, 0.2) is 18.2 Å². The highest BCUT2D eigenvalue weighted by Crippen LogP contribution is 2.33. The standard InChI is InChI=1S/C12H18ClNO2/c1-3-8(7-14)12(15)10-5-4-9(13)6-11(10)16-2/h4-6,8,12,15H,3,7,14H2,1-2H3. The zero-order valence-corrected chi connectivity index (χ0v) is 10.4. The van der Waals surface area contributed by atoms with Crippen LogP contribution in [0.25, 0.3) is 0 Å². The van der Waals surface area contributed by atoms with Gasteiger partial charge in [0.15, 0.2) is 0 Å². The Bertz CT molecular complexity index is 340. The first-order valence-corrected chi connectivity index (χ1v) is 5.73. The smallest absolute Gasteiger partial charge is 0.126 e. The summed E-state index contributed by atoms with van der Waals surface area (Å²) < 4.78 is 5.20. The fourth-order valence-corrected chi connectivity index (χ4v) is 1.86. The van der Waals surface area contributed by atoms with Gasteiger partial charge >= 0.3 is 0 Å². The number of ether oxygens (including phenoxy) is 1. The van der Waals surface area contributed by atoms with Gasteiger partial charge in [-0.25, -0.2) is 0 Å². The van der Waals surface area contributed by atoms with E-state index in [1.165, 1.54) is 0 Å². The zero-order valence-electron chi connectivity index (χ0n) is 9.61. The van der Waals surface area contributed by atoms with Gasteiger partial charge in [-0.05, 0) is 25.1 Å². The lowest BCUT2D eigenvalue weighted by Gasteiger charge is -2.22. The molecule has 0 saturated carbocycles. The van der Waals surface area contributed by atoms with E-state index in [4.69, 9.17) is 22.1 Å². The van der Waals surface area contributed by atoms with Crippen LogP contribution in [-0.4, -0.2) is 18.8 Å². The highest BCUT2D eigenvalue weighted by Gasteiger charge is 2.21. The van der Waals surface area contributed by atoms with E-state index in [1.807, 2.05) is 6.92 Å². The van der Waals surface area contributed by atoms with Gasteiger partial charge in [-0.15, -0.1) is 0 Å². The number of rotatable bonds is 5. The number of hydrogen-bond acceptors (Lipinski definition) is 3. The molecule has 3 N–H and O–H groups in total. The van der Waals surface area contributed by atoms with Gasteiger partial charge in [-0.3, -0.25) is 0 Å². The molecule has 0 bridgehead atoms. The van der Waals surface area contributed by atoms with E-state index in [0.717, 1.165) is 12.0 Å². The quantitative estimate of drug-likeness (QED) is 0.835. The summed E-state index contributed by atoms with van der Waals surface area (Å²) in [5.41, 5.74) is 6.36. The van der Waals surface area contributed by atoms with Gasteiger partial charge < -0.3 is 15.6 Å². The molecule has 0 radical (unpaired) electrons. The summed E-state index contributed by atoms with van der Waals surface area (Å²) >= 11 is 5.86. The molecule has 0 saturated heterocycles.